The minimum atomic E-state index is -0.444. The number of hydrogen-bond acceptors (Lipinski definition) is 2. The van der Waals surface area contributed by atoms with Crippen molar-refractivity contribution in [1.29, 1.82) is 0 Å². The first kappa shape index (κ1) is 9.91. The van der Waals surface area contributed by atoms with Crippen LogP contribution in [-0.2, 0) is 4.79 Å². The molecule has 2 aliphatic rings. The molecule has 0 heterocycles. The molecule has 2 rings (SSSR count). The summed E-state index contributed by atoms with van der Waals surface area (Å²) in [5, 5.41) is 10.0. The minimum absolute atomic E-state index is 0.277. The van der Waals surface area contributed by atoms with E-state index in [-0.39, 0.29) is 5.78 Å². The van der Waals surface area contributed by atoms with E-state index in [1.807, 2.05) is 0 Å². The first-order valence-corrected chi connectivity index (χ1v) is 5.54. The molecule has 0 spiro atoms. The highest BCUT2D eigenvalue weighted by Gasteiger charge is 2.54. The van der Waals surface area contributed by atoms with E-state index in [9.17, 15) is 9.90 Å². The van der Waals surface area contributed by atoms with Crippen molar-refractivity contribution in [2.75, 3.05) is 0 Å². The van der Waals surface area contributed by atoms with Gasteiger partial charge in [-0.3, -0.25) is 4.79 Å². The summed E-state index contributed by atoms with van der Waals surface area (Å²) in [6.07, 6.45) is 6.62. The number of hydrogen-bond donors (Lipinski definition) is 1. The fourth-order valence-electron chi connectivity index (χ4n) is 3.36. The Morgan fingerprint density at radius 3 is 3.00 bits per heavy atom. The van der Waals surface area contributed by atoms with Crippen LogP contribution in [0.2, 0.25) is 0 Å². The van der Waals surface area contributed by atoms with Crippen molar-refractivity contribution in [2.24, 2.45) is 11.3 Å². The van der Waals surface area contributed by atoms with Gasteiger partial charge in [-0.15, -0.1) is 6.58 Å². The van der Waals surface area contributed by atoms with Crippen molar-refractivity contribution < 1.29 is 9.90 Å². The zero-order chi connectivity index (χ0) is 10.2. The van der Waals surface area contributed by atoms with Crippen LogP contribution in [0.15, 0.2) is 12.7 Å². The fraction of sp³-hybridized carbons (Fsp3) is 0.750. The van der Waals surface area contributed by atoms with E-state index in [4.69, 9.17) is 0 Å². The van der Waals surface area contributed by atoms with E-state index in [0.717, 1.165) is 25.7 Å². The summed E-state index contributed by atoms with van der Waals surface area (Å²) >= 11 is 0. The Bertz CT molecular complexity index is 257. The maximum atomic E-state index is 12.0. The SMILES string of the molecule is C=CC[C@@]12C(=O)CCC[C@@H]1CC[C@@H]2O. The van der Waals surface area contributed by atoms with Gasteiger partial charge in [0, 0.05) is 6.42 Å². The van der Waals surface area contributed by atoms with Gasteiger partial charge < -0.3 is 5.11 Å². The van der Waals surface area contributed by atoms with Gasteiger partial charge in [0.2, 0.25) is 0 Å². The molecule has 0 unspecified atom stereocenters. The lowest BCUT2D eigenvalue weighted by Gasteiger charge is -2.39. The lowest BCUT2D eigenvalue weighted by Crippen LogP contribution is -2.45. The van der Waals surface area contributed by atoms with E-state index in [2.05, 4.69) is 6.58 Å². The third kappa shape index (κ3) is 1.17. The molecular weight excluding hydrogens is 176 g/mol. The molecule has 2 fully saturated rings. The summed E-state index contributed by atoms with van der Waals surface area (Å²) in [4.78, 5) is 12.0. The average molecular weight is 194 g/mol. The first-order chi connectivity index (χ1) is 6.71. The molecule has 0 aromatic carbocycles. The maximum absolute atomic E-state index is 12.0. The number of allylic oxidation sites excluding steroid dienone is 1. The van der Waals surface area contributed by atoms with Gasteiger partial charge in [0.05, 0.1) is 11.5 Å². The summed E-state index contributed by atoms with van der Waals surface area (Å²) in [5.41, 5.74) is -0.444. The van der Waals surface area contributed by atoms with E-state index in [1.54, 1.807) is 6.08 Å². The van der Waals surface area contributed by atoms with Gasteiger partial charge in [0.15, 0.2) is 0 Å². The second kappa shape index (κ2) is 3.50. The number of fused-ring (bicyclic) bond motifs is 1. The number of ketones is 1. The fourth-order valence-corrected chi connectivity index (χ4v) is 3.36. The molecule has 0 amide bonds. The van der Waals surface area contributed by atoms with Crippen molar-refractivity contribution in [1.82, 2.24) is 0 Å². The highest BCUT2D eigenvalue weighted by molar-refractivity contribution is 5.87. The van der Waals surface area contributed by atoms with Crippen molar-refractivity contribution in [3.8, 4) is 0 Å². The molecule has 0 radical (unpaired) electrons. The smallest absolute Gasteiger partial charge is 0.142 e. The van der Waals surface area contributed by atoms with Gasteiger partial charge in [-0.1, -0.05) is 6.08 Å². The standard InChI is InChI=1S/C12H18O2/c1-2-8-12-9(6-7-11(12)14)4-3-5-10(12)13/h2,9,11,14H,1,3-8H2/t9-,11+,12+/m1/s1. The Morgan fingerprint density at radius 1 is 1.50 bits per heavy atom. The molecule has 0 aromatic heterocycles. The molecule has 1 N–H and O–H groups in total. The largest absolute Gasteiger partial charge is 0.392 e. The van der Waals surface area contributed by atoms with E-state index < -0.39 is 11.5 Å². The van der Waals surface area contributed by atoms with Crippen LogP contribution in [0, 0.1) is 11.3 Å². The Kier molecular flexibility index (Phi) is 2.48. The average Bonchev–Trinajstić information content (AvgIpc) is 2.48. The predicted octanol–water partition coefficient (Wildman–Crippen LogP) is 2.07. The van der Waals surface area contributed by atoms with Crippen LogP contribution in [0.5, 0.6) is 0 Å². The number of aliphatic hydroxyl groups excluding tert-OH is 1. The third-order valence-electron chi connectivity index (χ3n) is 4.07. The van der Waals surface area contributed by atoms with Crippen molar-refractivity contribution in [3.63, 3.8) is 0 Å². The second-order valence-electron chi connectivity index (χ2n) is 4.64. The third-order valence-corrected chi connectivity index (χ3v) is 4.07. The normalized spacial score (nSPS) is 42.2. The molecule has 2 heteroatoms. The molecule has 0 aliphatic heterocycles. The van der Waals surface area contributed by atoms with Crippen LogP contribution in [0.4, 0.5) is 0 Å². The highest BCUT2D eigenvalue weighted by Crippen LogP contribution is 2.52. The Labute approximate surface area is 85.0 Å². The summed E-state index contributed by atoms with van der Waals surface area (Å²) < 4.78 is 0. The summed E-state index contributed by atoms with van der Waals surface area (Å²) in [6, 6.07) is 0. The Hall–Kier alpha value is -0.630. The predicted molar refractivity (Wildman–Crippen MR) is 54.8 cm³/mol. The summed E-state index contributed by atoms with van der Waals surface area (Å²) in [7, 11) is 0. The van der Waals surface area contributed by atoms with Gasteiger partial charge in [0.25, 0.3) is 0 Å². The Balaban J connectivity index is 2.33. The van der Waals surface area contributed by atoms with Crippen molar-refractivity contribution in [3.05, 3.63) is 12.7 Å². The topological polar surface area (TPSA) is 37.3 Å². The number of carbonyl (C=O) groups is 1. The molecule has 14 heavy (non-hydrogen) atoms. The van der Waals surface area contributed by atoms with Crippen LogP contribution < -0.4 is 0 Å². The summed E-state index contributed by atoms with van der Waals surface area (Å²) in [5.74, 6) is 0.690. The molecule has 3 atom stereocenters. The second-order valence-corrected chi connectivity index (χ2v) is 4.64. The minimum Gasteiger partial charge on any atom is -0.392 e. The summed E-state index contributed by atoms with van der Waals surface area (Å²) in [6.45, 7) is 3.72. The molecule has 0 aromatic rings. The molecular formula is C12H18O2. The highest BCUT2D eigenvalue weighted by atomic mass is 16.3. The monoisotopic (exact) mass is 194 g/mol. The molecule has 2 saturated carbocycles. The van der Waals surface area contributed by atoms with Crippen LogP contribution >= 0.6 is 0 Å². The molecule has 78 valence electrons. The van der Waals surface area contributed by atoms with E-state index >= 15 is 0 Å². The zero-order valence-corrected chi connectivity index (χ0v) is 8.54. The maximum Gasteiger partial charge on any atom is 0.142 e. The van der Waals surface area contributed by atoms with Gasteiger partial charge in [-0.25, -0.2) is 0 Å². The lowest BCUT2D eigenvalue weighted by molar-refractivity contribution is -0.140. The van der Waals surface area contributed by atoms with Gasteiger partial charge in [0.1, 0.15) is 5.78 Å². The molecule has 2 aliphatic carbocycles. The lowest BCUT2D eigenvalue weighted by atomic mass is 9.64. The Morgan fingerprint density at radius 2 is 2.29 bits per heavy atom. The van der Waals surface area contributed by atoms with E-state index in [0.29, 0.717) is 18.8 Å². The van der Waals surface area contributed by atoms with Crippen LogP contribution in [0.25, 0.3) is 0 Å². The molecule has 0 saturated heterocycles. The van der Waals surface area contributed by atoms with Gasteiger partial charge >= 0.3 is 0 Å². The number of Topliss-reactive ketones (excluding diaryl/α,β-unsaturated/α-hetero) is 1. The van der Waals surface area contributed by atoms with Crippen LogP contribution in [0.1, 0.15) is 38.5 Å². The van der Waals surface area contributed by atoms with Crippen molar-refractivity contribution in [2.45, 2.75) is 44.6 Å². The zero-order valence-electron chi connectivity index (χ0n) is 8.54. The van der Waals surface area contributed by atoms with Crippen LogP contribution in [-0.4, -0.2) is 17.0 Å². The van der Waals surface area contributed by atoms with Crippen LogP contribution in [0.3, 0.4) is 0 Å². The van der Waals surface area contributed by atoms with Gasteiger partial charge in [-0.05, 0) is 38.0 Å². The van der Waals surface area contributed by atoms with E-state index in [1.165, 1.54) is 0 Å². The number of carbonyl (C=O) groups excluding carboxylic acids is 1. The molecule has 2 nitrogen and oxygen atoms in total. The number of rotatable bonds is 2. The molecule has 0 bridgehead atoms. The van der Waals surface area contributed by atoms with Gasteiger partial charge in [-0.2, -0.15) is 0 Å². The quantitative estimate of drug-likeness (QED) is 0.683. The number of aliphatic hydroxyl groups is 1. The van der Waals surface area contributed by atoms with Crippen molar-refractivity contribution >= 4 is 5.78 Å². The first-order valence-electron chi connectivity index (χ1n) is 5.54.